The van der Waals surface area contributed by atoms with Crippen LogP contribution in [0.5, 0.6) is 0 Å². The summed E-state index contributed by atoms with van der Waals surface area (Å²) in [5.41, 5.74) is 5.59. The zero-order valence-electron chi connectivity index (χ0n) is 5.17. The average molecular weight is 247 g/mol. The third kappa shape index (κ3) is 1.47. The number of hydrogen-bond donors (Lipinski definition) is 1. The molecule has 0 aliphatic carbocycles. The van der Waals surface area contributed by atoms with Crippen molar-refractivity contribution in [3.05, 3.63) is 38.1 Å². The molecule has 3 heteroatoms. The second kappa shape index (κ2) is 3.01. The van der Waals surface area contributed by atoms with Crippen LogP contribution in [-0.4, -0.2) is 0 Å². The van der Waals surface area contributed by atoms with Crippen LogP contribution in [0.4, 0.5) is 5.69 Å². The van der Waals surface area contributed by atoms with Gasteiger partial charge < -0.3 is 5.73 Å². The Morgan fingerprint density at radius 1 is 1.30 bits per heavy atom. The smallest absolute Gasteiger partial charge is 0.214 e. The summed E-state index contributed by atoms with van der Waals surface area (Å²) in [5.74, 6) is 0. The lowest BCUT2D eigenvalue weighted by atomic mass is 10.4. The first-order valence-corrected chi connectivity index (χ1v) is 3.84. The molecule has 1 aromatic carbocycles. The van der Waals surface area contributed by atoms with Gasteiger partial charge in [0.2, 0.25) is 5.43 Å². The molecular weight excluding hydrogens is 241 g/mol. The van der Waals surface area contributed by atoms with Crippen LogP contribution in [-0.2, 0) is 0 Å². The highest BCUT2D eigenvalue weighted by Crippen LogP contribution is 1.98. The first-order valence-electron chi connectivity index (χ1n) is 2.76. The number of hydrogen-bond acceptors (Lipinski definition) is 2. The van der Waals surface area contributed by atoms with Gasteiger partial charge in [0.15, 0.2) is 0 Å². The van der Waals surface area contributed by atoms with E-state index in [0.717, 1.165) is 0 Å². The molecule has 0 bridgehead atoms. The highest BCUT2D eigenvalue weighted by Gasteiger charge is 1.93. The topological polar surface area (TPSA) is 43.1 Å². The van der Waals surface area contributed by atoms with E-state index in [0.29, 0.717) is 9.26 Å². The van der Waals surface area contributed by atoms with E-state index in [9.17, 15) is 4.79 Å². The number of rotatable bonds is 0. The molecule has 0 saturated carbocycles. The molecule has 52 valence electrons. The molecule has 0 aliphatic heterocycles. The quantitative estimate of drug-likeness (QED) is 0.700. The van der Waals surface area contributed by atoms with Gasteiger partial charge in [-0.2, -0.15) is 0 Å². The Balaban J connectivity index is 3.53. The van der Waals surface area contributed by atoms with E-state index >= 15 is 0 Å². The van der Waals surface area contributed by atoms with Crippen molar-refractivity contribution in [3.8, 4) is 0 Å². The normalized spacial score (nSPS) is 9.30. The van der Waals surface area contributed by atoms with Crippen LogP contribution in [0.2, 0.25) is 0 Å². The van der Waals surface area contributed by atoms with Crippen molar-refractivity contribution >= 4 is 28.3 Å². The summed E-state index contributed by atoms with van der Waals surface area (Å²) in [6, 6.07) is 6.88. The molecule has 10 heavy (non-hydrogen) atoms. The number of nitrogens with two attached hydrogens (primary N) is 1. The van der Waals surface area contributed by atoms with Gasteiger partial charge in [-0.05, 0) is 34.7 Å². The molecule has 0 saturated heterocycles. The van der Waals surface area contributed by atoms with Crippen molar-refractivity contribution in [1.29, 1.82) is 0 Å². The highest BCUT2D eigenvalue weighted by molar-refractivity contribution is 14.1. The molecule has 0 spiro atoms. The van der Waals surface area contributed by atoms with Crippen molar-refractivity contribution < 1.29 is 0 Å². The minimum absolute atomic E-state index is 0.0920. The standard InChI is InChI=1S/C7H6INO/c8-5-3-1-2-4-6(9)7(5)10/h1-4H,(H2,9,10). The van der Waals surface area contributed by atoms with Crippen LogP contribution in [0.25, 0.3) is 0 Å². The van der Waals surface area contributed by atoms with E-state index in [-0.39, 0.29) is 5.43 Å². The molecule has 2 N–H and O–H groups in total. The largest absolute Gasteiger partial charge is 0.396 e. The Kier molecular flexibility index (Phi) is 2.26. The summed E-state index contributed by atoms with van der Waals surface area (Å²) in [7, 11) is 0. The van der Waals surface area contributed by atoms with Crippen LogP contribution < -0.4 is 11.2 Å². The van der Waals surface area contributed by atoms with Crippen LogP contribution in [0.15, 0.2) is 29.1 Å². The maximum absolute atomic E-state index is 11.0. The first-order chi connectivity index (χ1) is 4.72. The molecule has 0 unspecified atom stereocenters. The Morgan fingerprint density at radius 2 is 1.90 bits per heavy atom. The summed E-state index contributed by atoms with van der Waals surface area (Å²) >= 11 is 1.96. The second-order valence-electron chi connectivity index (χ2n) is 1.85. The van der Waals surface area contributed by atoms with E-state index in [1.807, 2.05) is 22.6 Å². The fraction of sp³-hybridized carbons (Fsp3) is 0. The predicted octanol–water partition coefficient (Wildman–Crippen LogP) is 1.23. The molecule has 0 radical (unpaired) electrons. The fourth-order valence-electron chi connectivity index (χ4n) is 0.589. The van der Waals surface area contributed by atoms with Crippen LogP contribution in [0, 0.1) is 3.57 Å². The molecular formula is C7H6INO. The van der Waals surface area contributed by atoms with Gasteiger partial charge in [-0.15, -0.1) is 0 Å². The van der Waals surface area contributed by atoms with Crippen molar-refractivity contribution in [2.45, 2.75) is 0 Å². The van der Waals surface area contributed by atoms with Gasteiger partial charge in [0.1, 0.15) is 0 Å². The third-order valence-corrected chi connectivity index (χ3v) is 1.96. The molecule has 1 aromatic rings. The summed E-state index contributed by atoms with van der Waals surface area (Å²) in [6.45, 7) is 0. The maximum atomic E-state index is 11.0. The monoisotopic (exact) mass is 247 g/mol. The summed E-state index contributed by atoms with van der Waals surface area (Å²) in [5, 5.41) is 0. The van der Waals surface area contributed by atoms with Gasteiger partial charge in [-0.3, -0.25) is 4.79 Å². The lowest BCUT2D eigenvalue weighted by Crippen LogP contribution is -2.06. The molecule has 2 nitrogen and oxygen atoms in total. The third-order valence-electron chi connectivity index (χ3n) is 1.11. The highest BCUT2D eigenvalue weighted by atomic mass is 127. The van der Waals surface area contributed by atoms with Gasteiger partial charge in [0, 0.05) is 0 Å². The Morgan fingerprint density at radius 3 is 2.60 bits per heavy atom. The number of anilines is 1. The summed E-state index contributed by atoms with van der Waals surface area (Å²) < 4.78 is 0.653. The second-order valence-corrected chi connectivity index (χ2v) is 3.01. The predicted molar refractivity (Wildman–Crippen MR) is 49.8 cm³/mol. The minimum Gasteiger partial charge on any atom is -0.396 e. The van der Waals surface area contributed by atoms with Gasteiger partial charge in [0.05, 0.1) is 9.26 Å². The lowest BCUT2D eigenvalue weighted by Gasteiger charge is -1.80. The van der Waals surface area contributed by atoms with Crippen LogP contribution >= 0.6 is 22.6 Å². The molecule has 0 amide bonds. The van der Waals surface area contributed by atoms with E-state index in [1.54, 1.807) is 24.3 Å². The first kappa shape index (κ1) is 7.53. The molecule has 0 fully saturated rings. The zero-order valence-corrected chi connectivity index (χ0v) is 7.33. The van der Waals surface area contributed by atoms with E-state index in [2.05, 4.69) is 0 Å². The minimum atomic E-state index is -0.0920. The zero-order chi connectivity index (χ0) is 7.56. The number of halogens is 1. The van der Waals surface area contributed by atoms with Gasteiger partial charge >= 0.3 is 0 Å². The lowest BCUT2D eigenvalue weighted by molar-refractivity contribution is 1.59. The van der Waals surface area contributed by atoms with Crippen molar-refractivity contribution in [3.63, 3.8) is 0 Å². The molecule has 0 heterocycles. The number of nitrogen functional groups attached to an aromatic ring is 1. The molecule has 0 atom stereocenters. The van der Waals surface area contributed by atoms with E-state index < -0.39 is 0 Å². The van der Waals surface area contributed by atoms with Crippen molar-refractivity contribution in [1.82, 2.24) is 0 Å². The van der Waals surface area contributed by atoms with Crippen LogP contribution in [0.3, 0.4) is 0 Å². The van der Waals surface area contributed by atoms with E-state index in [4.69, 9.17) is 5.73 Å². The van der Waals surface area contributed by atoms with E-state index in [1.165, 1.54) is 0 Å². The van der Waals surface area contributed by atoms with Crippen molar-refractivity contribution in [2.75, 3.05) is 5.73 Å². The SMILES string of the molecule is Nc1ccccc(I)c1=O. The Labute approximate surface area is 72.2 Å². The Bertz CT molecular complexity index is 270. The summed E-state index contributed by atoms with van der Waals surface area (Å²) in [4.78, 5) is 11.0. The summed E-state index contributed by atoms with van der Waals surface area (Å²) in [6.07, 6.45) is 0. The van der Waals surface area contributed by atoms with Gasteiger partial charge in [0.25, 0.3) is 0 Å². The molecule has 0 aromatic heterocycles. The molecule has 1 rings (SSSR count). The maximum Gasteiger partial charge on any atom is 0.214 e. The molecule has 0 aliphatic rings. The van der Waals surface area contributed by atoms with Crippen molar-refractivity contribution in [2.24, 2.45) is 0 Å². The average Bonchev–Trinajstić information content (AvgIpc) is 2.04. The van der Waals surface area contributed by atoms with Gasteiger partial charge in [-0.1, -0.05) is 12.1 Å². The van der Waals surface area contributed by atoms with Crippen LogP contribution in [0.1, 0.15) is 0 Å². The Hall–Kier alpha value is -0.580. The fourth-order valence-corrected chi connectivity index (χ4v) is 1.11. The van der Waals surface area contributed by atoms with Gasteiger partial charge in [-0.25, -0.2) is 0 Å².